The van der Waals surface area contributed by atoms with Crippen molar-refractivity contribution in [2.75, 3.05) is 0 Å². The summed E-state index contributed by atoms with van der Waals surface area (Å²) in [5.74, 6) is -3.26. The second-order valence-corrected chi connectivity index (χ2v) is 12.1. The lowest BCUT2D eigenvalue weighted by molar-refractivity contribution is -0.116. The van der Waals surface area contributed by atoms with Crippen molar-refractivity contribution in [1.29, 1.82) is 0 Å². The molecule has 1 aliphatic rings. The molecule has 12 heteroatoms. The molecule has 1 aliphatic carbocycles. The number of amides is 2. The highest BCUT2D eigenvalue weighted by molar-refractivity contribution is 5.98. The van der Waals surface area contributed by atoms with E-state index in [4.69, 9.17) is 4.74 Å². The third-order valence-corrected chi connectivity index (χ3v) is 7.51. The lowest BCUT2D eigenvalue weighted by Gasteiger charge is -2.21. The number of fused-ring (bicyclic) bond motifs is 2. The lowest BCUT2D eigenvalue weighted by Crippen LogP contribution is -2.31. The van der Waals surface area contributed by atoms with E-state index < -0.39 is 41.1 Å². The molecule has 2 aromatic carbocycles. The summed E-state index contributed by atoms with van der Waals surface area (Å²) in [5.41, 5.74) is 2.53. The Bertz CT molecular complexity index is 1860. The smallest absolute Gasteiger partial charge is 0.338 e. The van der Waals surface area contributed by atoms with E-state index in [0.717, 1.165) is 27.4 Å². The van der Waals surface area contributed by atoms with Gasteiger partial charge < -0.3 is 15.4 Å². The summed E-state index contributed by atoms with van der Waals surface area (Å²) in [4.78, 5) is 54.9. The van der Waals surface area contributed by atoms with Gasteiger partial charge in [-0.3, -0.25) is 14.4 Å². The molecule has 0 bridgehead atoms. The average Bonchev–Trinajstić information content (AvgIpc) is 3.55. The first-order chi connectivity index (χ1) is 21.2. The van der Waals surface area contributed by atoms with Crippen LogP contribution in [0.1, 0.15) is 99.3 Å². The van der Waals surface area contributed by atoms with Crippen LogP contribution in [0.25, 0.3) is 5.65 Å². The SMILES string of the molecule is CC(=O)Cc1cc(CNC(=O)c2cc(C(=O)N[C@H]3CCc4c3ccc(C(=O)OC(C)(C)C)c4C)n3ncc(F)c3n2)ccc1F. The van der Waals surface area contributed by atoms with E-state index in [2.05, 4.69) is 20.7 Å². The zero-order valence-corrected chi connectivity index (χ0v) is 25.6. The van der Waals surface area contributed by atoms with Crippen LogP contribution in [0.4, 0.5) is 8.78 Å². The molecule has 0 spiro atoms. The van der Waals surface area contributed by atoms with Gasteiger partial charge in [0.15, 0.2) is 11.5 Å². The van der Waals surface area contributed by atoms with E-state index in [1.807, 2.05) is 6.92 Å². The Morgan fingerprint density at radius 3 is 2.51 bits per heavy atom. The maximum atomic E-state index is 14.6. The van der Waals surface area contributed by atoms with E-state index in [-0.39, 0.29) is 41.3 Å². The second kappa shape index (κ2) is 12.2. The number of hydrogen-bond donors (Lipinski definition) is 2. The Labute approximate surface area is 258 Å². The first-order valence-electron chi connectivity index (χ1n) is 14.5. The first kappa shape index (κ1) is 31.4. The van der Waals surface area contributed by atoms with Crippen LogP contribution in [0.15, 0.2) is 42.6 Å². The van der Waals surface area contributed by atoms with E-state index in [1.54, 1.807) is 32.9 Å². The number of rotatable bonds is 8. The van der Waals surface area contributed by atoms with E-state index in [0.29, 0.717) is 24.0 Å². The van der Waals surface area contributed by atoms with Crippen molar-refractivity contribution in [1.82, 2.24) is 25.2 Å². The van der Waals surface area contributed by atoms with Crippen LogP contribution in [-0.2, 0) is 28.9 Å². The van der Waals surface area contributed by atoms with Crippen LogP contribution in [-0.4, -0.2) is 43.8 Å². The number of benzene rings is 2. The van der Waals surface area contributed by atoms with Crippen molar-refractivity contribution in [3.63, 3.8) is 0 Å². The fraction of sp³-hybridized carbons (Fsp3) is 0.333. The van der Waals surface area contributed by atoms with Gasteiger partial charge in [0.2, 0.25) is 0 Å². The number of Topliss-reactive ketones (excluding diaryl/α,β-unsaturated/α-hetero) is 1. The van der Waals surface area contributed by atoms with Gasteiger partial charge in [-0.25, -0.2) is 23.1 Å². The third-order valence-electron chi connectivity index (χ3n) is 7.51. The number of nitrogens with one attached hydrogen (secondary N) is 2. The van der Waals surface area contributed by atoms with Crippen molar-refractivity contribution in [3.05, 3.63) is 99.0 Å². The molecule has 2 heterocycles. The van der Waals surface area contributed by atoms with Gasteiger partial charge in [-0.1, -0.05) is 18.2 Å². The first-order valence-corrected chi connectivity index (χ1v) is 14.5. The standard InChI is InChI=1S/C33H33F2N5O5/c1-17(41)12-20-13-19(6-10-24(20)34)15-36-30(42)27-14-28(40-29(38-27)25(35)16-37-40)31(43)39-26-11-9-21-18(2)22(7-8-23(21)26)32(44)45-33(3,4)5/h6-8,10,13-14,16,26H,9,11-12,15H2,1-5H3,(H,36,42)(H,39,43)/t26-/m0/s1. The molecule has 0 radical (unpaired) electrons. The van der Waals surface area contributed by atoms with Crippen LogP contribution in [0.2, 0.25) is 0 Å². The third kappa shape index (κ3) is 6.74. The zero-order chi connectivity index (χ0) is 32.6. The number of ether oxygens (including phenoxy) is 1. The van der Waals surface area contributed by atoms with Gasteiger partial charge in [0.05, 0.1) is 17.8 Å². The maximum absolute atomic E-state index is 14.6. The number of ketones is 1. The monoisotopic (exact) mass is 617 g/mol. The number of carbonyl (C=O) groups is 4. The maximum Gasteiger partial charge on any atom is 0.338 e. The summed E-state index contributed by atoms with van der Waals surface area (Å²) >= 11 is 0. The summed E-state index contributed by atoms with van der Waals surface area (Å²) in [6.07, 6.45) is 2.01. The number of aromatic nitrogens is 3. The van der Waals surface area contributed by atoms with Gasteiger partial charge in [0.1, 0.15) is 28.6 Å². The Kier molecular flexibility index (Phi) is 8.51. The van der Waals surface area contributed by atoms with Crippen LogP contribution >= 0.6 is 0 Å². The molecule has 2 amide bonds. The van der Waals surface area contributed by atoms with Crippen LogP contribution in [0.5, 0.6) is 0 Å². The molecule has 0 fully saturated rings. The summed E-state index contributed by atoms with van der Waals surface area (Å²) in [6, 6.07) is 8.49. The zero-order valence-electron chi connectivity index (χ0n) is 25.6. The molecular weight excluding hydrogens is 584 g/mol. The summed E-state index contributed by atoms with van der Waals surface area (Å²) in [6.45, 7) is 8.58. The highest BCUT2D eigenvalue weighted by atomic mass is 19.1. The summed E-state index contributed by atoms with van der Waals surface area (Å²) in [7, 11) is 0. The van der Waals surface area contributed by atoms with Crippen LogP contribution in [0, 0.1) is 18.6 Å². The molecule has 234 valence electrons. The summed E-state index contributed by atoms with van der Waals surface area (Å²) < 4.78 is 35.3. The molecule has 5 rings (SSSR count). The van der Waals surface area contributed by atoms with Crippen molar-refractivity contribution in [2.24, 2.45) is 0 Å². The molecule has 0 unspecified atom stereocenters. The number of carbonyl (C=O) groups excluding carboxylic acids is 4. The number of esters is 1. The summed E-state index contributed by atoms with van der Waals surface area (Å²) in [5, 5.41) is 9.55. The molecule has 0 aliphatic heterocycles. The highest BCUT2D eigenvalue weighted by Gasteiger charge is 2.30. The normalized spacial score (nSPS) is 14.2. The van der Waals surface area contributed by atoms with Crippen molar-refractivity contribution >= 4 is 29.2 Å². The quantitative estimate of drug-likeness (QED) is 0.273. The van der Waals surface area contributed by atoms with Crippen molar-refractivity contribution in [2.45, 2.75) is 72.1 Å². The van der Waals surface area contributed by atoms with Gasteiger partial charge in [0, 0.05) is 19.0 Å². The van der Waals surface area contributed by atoms with E-state index >= 15 is 0 Å². The van der Waals surface area contributed by atoms with Crippen molar-refractivity contribution < 1.29 is 32.7 Å². The minimum atomic E-state index is -0.817. The Morgan fingerprint density at radius 1 is 1.04 bits per heavy atom. The van der Waals surface area contributed by atoms with Crippen molar-refractivity contribution in [3.8, 4) is 0 Å². The second-order valence-electron chi connectivity index (χ2n) is 12.1. The molecule has 2 aromatic heterocycles. The van der Waals surface area contributed by atoms with Gasteiger partial charge >= 0.3 is 5.97 Å². The average molecular weight is 618 g/mol. The molecule has 4 aromatic rings. The molecule has 0 saturated heterocycles. The fourth-order valence-electron chi connectivity index (χ4n) is 5.45. The number of hydrogen-bond acceptors (Lipinski definition) is 7. The molecule has 45 heavy (non-hydrogen) atoms. The predicted molar refractivity (Wildman–Crippen MR) is 160 cm³/mol. The minimum Gasteiger partial charge on any atom is -0.456 e. The molecule has 1 atom stereocenters. The Morgan fingerprint density at radius 2 is 1.80 bits per heavy atom. The van der Waals surface area contributed by atoms with Gasteiger partial charge in [-0.05, 0) is 87.4 Å². The molecule has 2 N–H and O–H groups in total. The molecule has 0 saturated carbocycles. The number of halogens is 2. The number of nitrogens with zero attached hydrogens (tertiary/aromatic N) is 3. The van der Waals surface area contributed by atoms with Gasteiger partial charge in [-0.2, -0.15) is 5.10 Å². The topological polar surface area (TPSA) is 132 Å². The largest absolute Gasteiger partial charge is 0.456 e. The predicted octanol–water partition coefficient (Wildman–Crippen LogP) is 4.75. The lowest BCUT2D eigenvalue weighted by atomic mass is 9.97. The van der Waals surface area contributed by atoms with Gasteiger partial charge in [-0.15, -0.1) is 0 Å². The minimum absolute atomic E-state index is 0.0242. The van der Waals surface area contributed by atoms with E-state index in [9.17, 15) is 28.0 Å². The highest BCUT2D eigenvalue weighted by Crippen LogP contribution is 2.35. The van der Waals surface area contributed by atoms with Gasteiger partial charge in [0.25, 0.3) is 11.8 Å². The van der Waals surface area contributed by atoms with Crippen LogP contribution < -0.4 is 10.6 Å². The van der Waals surface area contributed by atoms with Crippen LogP contribution in [0.3, 0.4) is 0 Å². The Hall–Kier alpha value is -5.00. The van der Waals surface area contributed by atoms with E-state index in [1.165, 1.54) is 31.2 Å². The fourth-order valence-corrected chi connectivity index (χ4v) is 5.45. The molecular formula is C33H33F2N5O5. The Balaban J connectivity index is 1.36. The molecule has 10 nitrogen and oxygen atoms in total.